The molecule has 0 spiro atoms. The average molecular weight is 363 g/mol. The molecule has 24 heavy (non-hydrogen) atoms. The first-order chi connectivity index (χ1) is 11.0. The van der Waals surface area contributed by atoms with Gasteiger partial charge in [-0.25, -0.2) is 8.42 Å². The third-order valence-electron chi connectivity index (χ3n) is 4.35. The summed E-state index contributed by atoms with van der Waals surface area (Å²) in [6, 6.07) is 8.63. The maximum Gasteiger partial charge on any atom is 1.00 e. The zero-order valence-corrected chi connectivity index (χ0v) is 18.2. The van der Waals surface area contributed by atoms with Crippen LogP contribution in [0.15, 0.2) is 24.3 Å². The summed E-state index contributed by atoms with van der Waals surface area (Å²) < 4.78 is 31.3. The van der Waals surface area contributed by atoms with Gasteiger partial charge in [0.25, 0.3) is 0 Å². The van der Waals surface area contributed by atoms with E-state index in [-0.39, 0.29) is 35.3 Å². The first kappa shape index (κ1) is 24.1. The number of benzene rings is 1. The fourth-order valence-corrected chi connectivity index (χ4v) is 3.46. The molecule has 132 valence electrons. The first-order valence-electron chi connectivity index (χ1n) is 8.97. The molecule has 1 aromatic rings. The van der Waals surface area contributed by atoms with Crippen molar-refractivity contribution < 1.29 is 42.5 Å². The molecule has 0 aromatic heterocycles. The average Bonchev–Trinajstić information content (AvgIpc) is 2.49. The largest absolute Gasteiger partial charge is 1.00 e. The third kappa shape index (κ3) is 13.4. The normalized spacial score (nSPS) is 11.2. The smallest absolute Gasteiger partial charge is 0.748 e. The van der Waals surface area contributed by atoms with Gasteiger partial charge in [-0.05, 0) is 37.3 Å². The fourth-order valence-electron chi connectivity index (χ4n) is 2.90. The second kappa shape index (κ2) is 14.3. The Morgan fingerprint density at radius 2 is 1.25 bits per heavy atom. The SMILES string of the molecule is Cc1ccccc1CCCCCCCCCCCCS(=O)(=O)[O-].[Na+]. The molecule has 0 aliphatic rings. The molecule has 1 rings (SSSR count). The molecule has 0 atom stereocenters. The van der Waals surface area contributed by atoms with E-state index in [1.54, 1.807) is 0 Å². The molecule has 0 fully saturated rings. The molecule has 1 aromatic carbocycles. The standard InChI is InChI=1S/C19H32O3S.Na/c1-18-14-11-12-16-19(18)15-10-8-6-4-2-3-5-7-9-13-17-23(20,21)22;/h11-12,14,16H,2-10,13,15,17H2,1H3,(H,20,21,22);/q;+1/p-1. The van der Waals surface area contributed by atoms with Crippen molar-refractivity contribution in [2.75, 3.05) is 5.75 Å². The predicted octanol–water partition coefficient (Wildman–Crippen LogP) is 1.99. The van der Waals surface area contributed by atoms with E-state index in [0.717, 1.165) is 19.3 Å². The molecule has 0 radical (unpaired) electrons. The number of hydrogen-bond donors (Lipinski definition) is 0. The molecule has 0 N–H and O–H groups in total. The van der Waals surface area contributed by atoms with Gasteiger partial charge >= 0.3 is 29.6 Å². The molecule has 0 heterocycles. The van der Waals surface area contributed by atoms with E-state index in [0.29, 0.717) is 6.42 Å². The molecular weight excluding hydrogens is 331 g/mol. The van der Waals surface area contributed by atoms with Gasteiger partial charge in [-0.3, -0.25) is 0 Å². The van der Waals surface area contributed by atoms with E-state index in [1.807, 2.05) is 0 Å². The van der Waals surface area contributed by atoms with Crippen LogP contribution in [0.1, 0.15) is 75.3 Å². The Morgan fingerprint density at radius 1 is 0.792 bits per heavy atom. The Labute approximate surface area is 170 Å². The summed E-state index contributed by atoms with van der Waals surface area (Å²) in [6.45, 7) is 2.18. The summed E-state index contributed by atoms with van der Waals surface area (Å²) in [6.07, 6.45) is 12.4. The van der Waals surface area contributed by atoms with Crippen LogP contribution in [0.2, 0.25) is 0 Å². The van der Waals surface area contributed by atoms with Crippen LogP contribution in [0.5, 0.6) is 0 Å². The number of unbranched alkanes of at least 4 members (excludes halogenated alkanes) is 9. The zero-order valence-electron chi connectivity index (χ0n) is 15.4. The first-order valence-corrected chi connectivity index (χ1v) is 10.5. The van der Waals surface area contributed by atoms with Crippen LogP contribution in [-0.4, -0.2) is 18.7 Å². The molecule has 0 aliphatic carbocycles. The van der Waals surface area contributed by atoms with E-state index in [2.05, 4.69) is 31.2 Å². The van der Waals surface area contributed by atoms with Gasteiger partial charge < -0.3 is 4.55 Å². The van der Waals surface area contributed by atoms with Crippen LogP contribution >= 0.6 is 0 Å². The van der Waals surface area contributed by atoms with Crippen molar-refractivity contribution in [1.29, 1.82) is 0 Å². The molecule has 0 aliphatic heterocycles. The van der Waals surface area contributed by atoms with Gasteiger partial charge in [0.15, 0.2) is 0 Å². The van der Waals surface area contributed by atoms with Gasteiger partial charge in [-0.2, -0.15) is 0 Å². The van der Waals surface area contributed by atoms with Crippen LogP contribution in [0.25, 0.3) is 0 Å². The Morgan fingerprint density at radius 3 is 1.75 bits per heavy atom. The van der Waals surface area contributed by atoms with Crippen molar-refractivity contribution in [2.24, 2.45) is 0 Å². The van der Waals surface area contributed by atoms with Crippen molar-refractivity contribution in [3.8, 4) is 0 Å². The van der Waals surface area contributed by atoms with Crippen molar-refractivity contribution in [1.82, 2.24) is 0 Å². The summed E-state index contributed by atoms with van der Waals surface area (Å²) in [5, 5.41) is 0. The van der Waals surface area contributed by atoms with Crippen LogP contribution in [0, 0.1) is 6.92 Å². The molecule has 5 heteroatoms. The van der Waals surface area contributed by atoms with Gasteiger partial charge in [0.05, 0.1) is 10.1 Å². The van der Waals surface area contributed by atoms with Gasteiger partial charge in [0.2, 0.25) is 0 Å². The second-order valence-electron chi connectivity index (χ2n) is 6.47. The van der Waals surface area contributed by atoms with Gasteiger partial charge in [-0.15, -0.1) is 0 Å². The summed E-state index contributed by atoms with van der Waals surface area (Å²) in [7, 11) is -4.01. The zero-order chi connectivity index (χ0) is 17.0. The molecule has 0 bridgehead atoms. The van der Waals surface area contributed by atoms with Crippen LogP contribution in [-0.2, 0) is 16.5 Å². The summed E-state index contributed by atoms with van der Waals surface area (Å²) >= 11 is 0. The second-order valence-corrected chi connectivity index (χ2v) is 8.00. The topological polar surface area (TPSA) is 57.2 Å². The summed E-state index contributed by atoms with van der Waals surface area (Å²) in [5.41, 5.74) is 2.88. The van der Waals surface area contributed by atoms with E-state index in [1.165, 1.54) is 56.1 Å². The summed E-state index contributed by atoms with van der Waals surface area (Å²) in [4.78, 5) is 0. The minimum atomic E-state index is -4.01. The molecular formula is C19H31NaO3S. The Balaban J connectivity index is 0.00000529. The molecule has 0 amide bonds. The van der Waals surface area contributed by atoms with Crippen LogP contribution in [0.3, 0.4) is 0 Å². The monoisotopic (exact) mass is 362 g/mol. The van der Waals surface area contributed by atoms with Crippen molar-refractivity contribution in [2.45, 2.75) is 77.6 Å². The molecule has 0 saturated heterocycles. The van der Waals surface area contributed by atoms with Gasteiger partial charge in [0.1, 0.15) is 0 Å². The van der Waals surface area contributed by atoms with Crippen molar-refractivity contribution in [3.05, 3.63) is 35.4 Å². The third-order valence-corrected chi connectivity index (χ3v) is 5.14. The number of hydrogen-bond acceptors (Lipinski definition) is 3. The van der Waals surface area contributed by atoms with E-state index >= 15 is 0 Å². The van der Waals surface area contributed by atoms with Gasteiger partial charge in [-0.1, -0.05) is 75.6 Å². The van der Waals surface area contributed by atoms with Crippen molar-refractivity contribution >= 4 is 10.1 Å². The fraction of sp³-hybridized carbons (Fsp3) is 0.684. The van der Waals surface area contributed by atoms with E-state index in [4.69, 9.17) is 0 Å². The quantitative estimate of drug-likeness (QED) is 0.306. The number of rotatable bonds is 13. The minimum absolute atomic E-state index is 0. The summed E-state index contributed by atoms with van der Waals surface area (Å²) in [5.74, 6) is -0.201. The predicted molar refractivity (Wildman–Crippen MR) is 95.6 cm³/mol. The maximum absolute atomic E-state index is 10.4. The van der Waals surface area contributed by atoms with E-state index in [9.17, 15) is 13.0 Å². The van der Waals surface area contributed by atoms with E-state index < -0.39 is 10.1 Å². The van der Waals surface area contributed by atoms with Gasteiger partial charge in [0, 0.05) is 5.75 Å². The Kier molecular flexibility index (Phi) is 14.4. The maximum atomic E-state index is 10.4. The molecule has 0 saturated carbocycles. The number of aryl methyl sites for hydroxylation is 2. The van der Waals surface area contributed by atoms with Crippen molar-refractivity contribution in [3.63, 3.8) is 0 Å². The molecule has 3 nitrogen and oxygen atoms in total. The molecule has 0 unspecified atom stereocenters. The minimum Gasteiger partial charge on any atom is -0.748 e. The van der Waals surface area contributed by atoms with Crippen LogP contribution < -0.4 is 29.6 Å². The Hall–Kier alpha value is 0.130. The Bertz CT molecular complexity index is 529. The van der Waals surface area contributed by atoms with Crippen LogP contribution in [0.4, 0.5) is 0 Å².